The van der Waals surface area contributed by atoms with Crippen LogP contribution in [0.15, 0.2) is 0 Å². The summed E-state index contributed by atoms with van der Waals surface area (Å²) in [7, 11) is 0. The zero-order valence-corrected chi connectivity index (χ0v) is 10.2. The topological polar surface area (TPSA) is 89.1 Å². The summed E-state index contributed by atoms with van der Waals surface area (Å²) in [6, 6.07) is -0.607. The normalized spacial score (nSPS) is 22.0. The molecule has 0 aromatic heterocycles. The van der Waals surface area contributed by atoms with Crippen LogP contribution >= 0.6 is 15.9 Å². The molecule has 1 rings (SSSR count). The number of halogens is 1. The van der Waals surface area contributed by atoms with E-state index in [0.29, 0.717) is 18.3 Å². The van der Waals surface area contributed by atoms with Gasteiger partial charge in [-0.25, -0.2) is 4.79 Å². The third-order valence-electron chi connectivity index (χ3n) is 2.47. The maximum atomic E-state index is 11.7. The number of carboxylic acid groups (broad SMARTS) is 1. The monoisotopic (exact) mass is 281 g/mol. The highest BCUT2D eigenvalue weighted by Crippen LogP contribution is 2.20. The van der Waals surface area contributed by atoms with Gasteiger partial charge < -0.3 is 15.5 Å². The smallest absolute Gasteiger partial charge is 0.326 e. The van der Waals surface area contributed by atoms with Crippen molar-refractivity contribution >= 4 is 27.8 Å². The van der Waals surface area contributed by atoms with E-state index in [4.69, 9.17) is 5.11 Å². The van der Waals surface area contributed by atoms with Crippen molar-refractivity contribution in [1.29, 1.82) is 0 Å². The van der Waals surface area contributed by atoms with Crippen LogP contribution in [0, 0.1) is 5.92 Å². The van der Waals surface area contributed by atoms with Gasteiger partial charge >= 0.3 is 5.97 Å². The Morgan fingerprint density at radius 2 is 2.20 bits per heavy atom. The number of rotatable bonds is 3. The molecule has 3 N–H and O–H groups in total. The minimum Gasteiger partial charge on any atom is -0.480 e. The third-order valence-corrected chi connectivity index (χ3v) is 3.45. The summed E-state index contributed by atoms with van der Waals surface area (Å²) in [6.45, 7) is 2.38. The van der Waals surface area contributed by atoms with Crippen LogP contribution in [0.3, 0.4) is 0 Å². The van der Waals surface area contributed by atoms with Gasteiger partial charge in [0.15, 0.2) is 0 Å². The Hall–Kier alpha value is -0.620. The lowest BCUT2D eigenvalue weighted by atomic mass is 10.1. The SMILES string of the molecule is C[C@H](CBr)C(=O)N1CCC[C@H]1C(=O)O.O. The predicted molar refractivity (Wildman–Crippen MR) is 58.9 cm³/mol. The van der Waals surface area contributed by atoms with Gasteiger partial charge in [-0.05, 0) is 12.8 Å². The molecule has 0 aliphatic carbocycles. The van der Waals surface area contributed by atoms with Gasteiger partial charge in [-0.3, -0.25) is 4.79 Å². The van der Waals surface area contributed by atoms with E-state index in [2.05, 4.69) is 15.9 Å². The summed E-state index contributed by atoms with van der Waals surface area (Å²) in [5.41, 5.74) is 0. The van der Waals surface area contributed by atoms with Gasteiger partial charge in [0, 0.05) is 17.8 Å². The van der Waals surface area contributed by atoms with E-state index >= 15 is 0 Å². The highest BCUT2D eigenvalue weighted by atomic mass is 79.9. The Kier molecular flexibility index (Phi) is 5.82. The van der Waals surface area contributed by atoms with Crippen molar-refractivity contribution < 1.29 is 20.2 Å². The molecule has 0 unspecified atom stereocenters. The minimum absolute atomic E-state index is 0. The molecule has 0 saturated carbocycles. The second-order valence-corrected chi connectivity index (χ2v) is 4.23. The number of amides is 1. The van der Waals surface area contributed by atoms with Gasteiger partial charge in [0.2, 0.25) is 5.91 Å². The summed E-state index contributed by atoms with van der Waals surface area (Å²) in [6.07, 6.45) is 1.37. The first-order chi connectivity index (χ1) is 6.57. The second-order valence-electron chi connectivity index (χ2n) is 3.58. The predicted octanol–water partition coefficient (Wildman–Crippen LogP) is 0.268. The molecule has 88 valence electrons. The average Bonchev–Trinajstić information content (AvgIpc) is 2.63. The molecule has 1 amide bonds. The Balaban J connectivity index is 0.00000196. The van der Waals surface area contributed by atoms with E-state index in [1.54, 1.807) is 6.92 Å². The Morgan fingerprint density at radius 1 is 1.60 bits per heavy atom. The molecule has 1 saturated heterocycles. The summed E-state index contributed by atoms with van der Waals surface area (Å²) < 4.78 is 0. The fourth-order valence-corrected chi connectivity index (χ4v) is 1.91. The first kappa shape index (κ1) is 14.4. The molecule has 6 heteroatoms. The first-order valence-electron chi connectivity index (χ1n) is 4.67. The molecular weight excluding hydrogens is 266 g/mol. The van der Waals surface area contributed by atoms with Crippen molar-refractivity contribution in [3.8, 4) is 0 Å². The molecule has 0 radical (unpaired) electrons. The third kappa shape index (κ3) is 3.17. The van der Waals surface area contributed by atoms with Crippen molar-refractivity contribution in [1.82, 2.24) is 4.90 Å². The van der Waals surface area contributed by atoms with Gasteiger partial charge in [0.1, 0.15) is 6.04 Å². The Bertz CT molecular complexity index is 246. The number of nitrogens with zero attached hydrogens (tertiary/aromatic N) is 1. The van der Waals surface area contributed by atoms with Gasteiger partial charge in [-0.1, -0.05) is 22.9 Å². The van der Waals surface area contributed by atoms with Crippen LogP contribution in [0.2, 0.25) is 0 Å². The summed E-state index contributed by atoms with van der Waals surface area (Å²) in [5.74, 6) is -1.10. The van der Waals surface area contributed by atoms with E-state index in [1.165, 1.54) is 4.90 Å². The molecule has 1 heterocycles. The molecule has 1 aliphatic rings. The van der Waals surface area contributed by atoms with Crippen molar-refractivity contribution in [3.63, 3.8) is 0 Å². The van der Waals surface area contributed by atoms with Crippen LogP contribution in [0.4, 0.5) is 0 Å². The highest BCUT2D eigenvalue weighted by molar-refractivity contribution is 9.09. The number of carbonyl (C=O) groups is 2. The number of likely N-dealkylation sites (tertiary alicyclic amines) is 1. The number of hydrogen-bond acceptors (Lipinski definition) is 2. The molecule has 0 bridgehead atoms. The average molecular weight is 282 g/mol. The van der Waals surface area contributed by atoms with Crippen LogP contribution in [-0.2, 0) is 9.59 Å². The number of carbonyl (C=O) groups excluding carboxylic acids is 1. The number of aliphatic carboxylic acids is 1. The fourth-order valence-electron chi connectivity index (χ4n) is 1.64. The first-order valence-corrected chi connectivity index (χ1v) is 5.79. The molecule has 5 nitrogen and oxygen atoms in total. The molecular formula is C9H16BrNO4. The van der Waals surface area contributed by atoms with E-state index in [9.17, 15) is 9.59 Å². The molecule has 0 aromatic rings. The van der Waals surface area contributed by atoms with E-state index in [1.807, 2.05) is 0 Å². The molecule has 2 atom stereocenters. The summed E-state index contributed by atoms with van der Waals surface area (Å²) >= 11 is 3.22. The second kappa shape index (κ2) is 6.07. The Labute approximate surface area is 96.9 Å². The van der Waals surface area contributed by atoms with Crippen LogP contribution in [0.5, 0.6) is 0 Å². The summed E-state index contributed by atoms with van der Waals surface area (Å²) in [4.78, 5) is 24.0. The lowest BCUT2D eigenvalue weighted by molar-refractivity contribution is -0.149. The minimum atomic E-state index is -0.891. The van der Waals surface area contributed by atoms with E-state index in [0.717, 1.165) is 6.42 Å². The number of hydrogen-bond donors (Lipinski definition) is 1. The van der Waals surface area contributed by atoms with Gasteiger partial charge in [-0.2, -0.15) is 0 Å². The molecule has 1 aliphatic heterocycles. The standard InChI is InChI=1S/C9H14BrNO3.H2O/c1-6(5-10)8(12)11-4-2-3-7(11)9(13)14;/h6-7H,2-5H2,1H3,(H,13,14);1H2/t6-,7+;/m1./s1. The molecule has 0 spiro atoms. The molecule has 0 aromatic carbocycles. The van der Waals surface area contributed by atoms with Crippen LogP contribution in [0.25, 0.3) is 0 Å². The van der Waals surface area contributed by atoms with Crippen molar-refractivity contribution in [3.05, 3.63) is 0 Å². The van der Waals surface area contributed by atoms with Gasteiger partial charge in [-0.15, -0.1) is 0 Å². The highest BCUT2D eigenvalue weighted by Gasteiger charge is 2.35. The van der Waals surface area contributed by atoms with Gasteiger partial charge in [0.25, 0.3) is 0 Å². The van der Waals surface area contributed by atoms with Crippen molar-refractivity contribution in [2.75, 3.05) is 11.9 Å². The van der Waals surface area contributed by atoms with E-state index < -0.39 is 12.0 Å². The Morgan fingerprint density at radius 3 is 2.67 bits per heavy atom. The van der Waals surface area contributed by atoms with Crippen LogP contribution < -0.4 is 0 Å². The van der Waals surface area contributed by atoms with Crippen LogP contribution in [-0.4, -0.2) is 45.3 Å². The zero-order chi connectivity index (χ0) is 10.7. The lowest BCUT2D eigenvalue weighted by Gasteiger charge is -2.23. The number of carboxylic acids is 1. The maximum Gasteiger partial charge on any atom is 0.326 e. The van der Waals surface area contributed by atoms with Crippen molar-refractivity contribution in [2.45, 2.75) is 25.8 Å². The molecule has 1 fully saturated rings. The summed E-state index contributed by atoms with van der Waals surface area (Å²) in [5, 5.41) is 9.46. The van der Waals surface area contributed by atoms with Crippen molar-refractivity contribution in [2.24, 2.45) is 5.92 Å². The zero-order valence-electron chi connectivity index (χ0n) is 8.57. The molecule has 15 heavy (non-hydrogen) atoms. The maximum absolute atomic E-state index is 11.7. The fraction of sp³-hybridized carbons (Fsp3) is 0.778. The lowest BCUT2D eigenvalue weighted by Crippen LogP contribution is -2.43. The number of alkyl halides is 1. The quantitative estimate of drug-likeness (QED) is 0.753. The van der Waals surface area contributed by atoms with Gasteiger partial charge in [0.05, 0.1) is 0 Å². The van der Waals surface area contributed by atoms with Crippen LogP contribution in [0.1, 0.15) is 19.8 Å². The van der Waals surface area contributed by atoms with E-state index in [-0.39, 0.29) is 17.3 Å². The largest absolute Gasteiger partial charge is 0.480 e.